The van der Waals surface area contributed by atoms with Gasteiger partial charge in [-0.2, -0.15) is 0 Å². The van der Waals surface area contributed by atoms with Gasteiger partial charge in [-0.15, -0.1) is 0 Å². The molecular formula is C34H43N3O5S. The van der Waals surface area contributed by atoms with Crippen molar-refractivity contribution in [3.63, 3.8) is 0 Å². The first-order valence-corrected chi connectivity index (χ1v) is 16.6. The Kier molecular flexibility index (Phi) is 11.2. The second-order valence-electron chi connectivity index (χ2n) is 11.0. The number of rotatable bonds is 14. The quantitative estimate of drug-likeness (QED) is 0.262. The zero-order valence-corrected chi connectivity index (χ0v) is 26.2. The minimum absolute atomic E-state index is 0.0474. The molecule has 2 amide bonds. The normalized spacial score (nSPS) is 14.2. The predicted molar refractivity (Wildman–Crippen MR) is 170 cm³/mol. The largest absolute Gasteiger partial charge is 0.494 e. The van der Waals surface area contributed by atoms with E-state index in [1.165, 1.54) is 12.1 Å². The van der Waals surface area contributed by atoms with Crippen molar-refractivity contribution in [2.75, 3.05) is 24.0 Å². The van der Waals surface area contributed by atoms with Crippen molar-refractivity contribution in [2.45, 2.75) is 76.3 Å². The molecule has 0 aliphatic heterocycles. The highest BCUT2D eigenvalue weighted by atomic mass is 32.2. The Hall–Kier alpha value is -3.85. The maximum Gasteiger partial charge on any atom is 0.264 e. The van der Waals surface area contributed by atoms with Gasteiger partial charge in [0.1, 0.15) is 18.3 Å². The van der Waals surface area contributed by atoms with Gasteiger partial charge in [0.25, 0.3) is 10.0 Å². The third kappa shape index (κ3) is 8.38. The van der Waals surface area contributed by atoms with Crippen LogP contribution in [0.2, 0.25) is 0 Å². The van der Waals surface area contributed by atoms with Crippen molar-refractivity contribution in [3.8, 4) is 5.75 Å². The summed E-state index contributed by atoms with van der Waals surface area (Å²) in [6, 6.07) is 22.4. The summed E-state index contributed by atoms with van der Waals surface area (Å²) >= 11 is 0. The SMILES string of the molecule is CCOc1ccc(S(=O)(=O)N(CC(=O)N(CCc2ccccc2)[C@H](CC)C(=O)NC2CCCC2)c2ccc(C)cc2)cc1. The molecule has 0 radical (unpaired) electrons. The third-order valence-corrected chi connectivity index (χ3v) is 9.68. The fourth-order valence-corrected chi connectivity index (χ4v) is 6.92. The number of hydrogen-bond donors (Lipinski definition) is 1. The molecule has 3 aromatic carbocycles. The highest BCUT2D eigenvalue weighted by Crippen LogP contribution is 2.26. The number of hydrogen-bond acceptors (Lipinski definition) is 5. The van der Waals surface area contributed by atoms with Gasteiger partial charge < -0.3 is 15.0 Å². The standard InChI is InChI=1S/C34H43N3O5S/c1-4-32(34(39)35-28-13-9-10-14-28)36(24-23-27-11-7-6-8-12-27)33(38)25-37(29-17-15-26(3)16-18-29)43(40,41)31-21-19-30(20-22-31)42-5-2/h6-8,11-12,15-22,28,32H,4-5,9-10,13-14,23-25H2,1-3H3,(H,35,39)/t32-/m1/s1. The van der Waals surface area contributed by atoms with Crippen LogP contribution in [0.15, 0.2) is 83.8 Å². The van der Waals surface area contributed by atoms with E-state index in [2.05, 4.69) is 5.32 Å². The van der Waals surface area contributed by atoms with E-state index in [9.17, 15) is 18.0 Å². The van der Waals surface area contributed by atoms with E-state index in [0.29, 0.717) is 30.9 Å². The van der Waals surface area contributed by atoms with E-state index < -0.39 is 28.5 Å². The fraction of sp³-hybridized carbons (Fsp3) is 0.412. The summed E-state index contributed by atoms with van der Waals surface area (Å²) in [4.78, 5) is 29.3. The average Bonchev–Trinajstić information content (AvgIpc) is 3.52. The lowest BCUT2D eigenvalue weighted by molar-refractivity contribution is -0.139. The van der Waals surface area contributed by atoms with Crippen molar-refractivity contribution < 1.29 is 22.7 Å². The molecule has 1 N–H and O–H groups in total. The molecule has 8 nitrogen and oxygen atoms in total. The second kappa shape index (κ2) is 15.0. The molecule has 0 saturated heterocycles. The first-order valence-electron chi connectivity index (χ1n) is 15.2. The van der Waals surface area contributed by atoms with Gasteiger partial charge in [0.15, 0.2) is 0 Å². The lowest BCUT2D eigenvalue weighted by Crippen LogP contribution is -2.54. The summed E-state index contributed by atoms with van der Waals surface area (Å²) in [5, 5.41) is 3.15. The number of nitrogens with one attached hydrogen (secondary N) is 1. The van der Waals surface area contributed by atoms with Crippen LogP contribution in [0.5, 0.6) is 5.75 Å². The highest BCUT2D eigenvalue weighted by molar-refractivity contribution is 7.92. The van der Waals surface area contributed by atoms with Crippen molar-refractivity contribution in [2.24, 2.45) is 0 Å². The number of nitrogens with zero attached hydrogens (tertiary/aromatic N) is 2. The van der Waals surface area contributed by atoms with Gasteiger partial charge in [-0.1, -0.05) is 67.8 Å². The lowest BCUT2D eigenvalue weighted by Gasteiger charge is -2.33. The van der Waals surface area contributed by atoms with E-state index in [-0.39, 0.29) is 23.4 Å². The molecule has 1 saturated carbocycles. The Bertz CT molecular complexity index is 1440. The predicted octanol–water partition coefficient (Wildman–Crippen LogP) is 5.50. The fourth-order valence-electron chi connectivity index (χ4n) is 5.50. The van der Waals surface area contributed by atoms with E-state index in [1.807, 2.05) is 63.2 Å². The van der Waals surface area contributed by atoms with Gasteiger partial charge in [-0.25, -0.2) is 8.42 Å². The summed E-state index contributed by atoms with van der Waals surface area (Å²) in [7, 11) is -4.14. The minimum atomic E-state index is -4.14. The van der Waals surface area contributed by atoms with Gasteiger partial charge in [-0.05, 0) is 81.5 Å². The van der Waals surface area contributed by atoms with Gasteiger partial charge in [-0.3, -0.25) is 13.9 Å². The Morgan fingerprint density at radius 2 is 1.58 bits per heavy atom. The van der Waals surface area contributed by atoms with Crippen molar-refractivity contribution in [3.05, 3.63) is 90.0 Å². The molecule has 1 aliphatic carbocycles. The van der Waals surface area contributed by atoms with Crippen LogP contribution < -0.4 is 14.4 Å². The molecular weight excluding hydrogens is 562 g/mol. The van der Waals surface area contributed by atoms with Gasteiger partial charge in [0, 0.05) is 12.6 Å². The first kappa shape index (κ1) is 32.1. The Balaban J connectivity index is 1.66. The summed E-state index contributed by atoms with van der Waals surface area (Å²) in [5.74, 6) is -0.0583. The zero-order valence-electron chi connectivity index (χ0n) is 25.4. The Labute approximate surface area is 256 Å². The van der Waals surface area contributed by atoms with Crippen LogP contribution in [0.4, 0.5) is 5.69 Å². The van der Waals surface area contributed by atoms with E-state index in [1.54, 1.807) is 29.2 Å². The molecule has 0 heterocycles. The minimum Gasteiger partial charge on any atom is -0.494 e. The molecule has 1 aliphatic rings. The number of ether oxygens (including phenoxy) is 1. The van der Waals surface area contributed by atoms with Crippen LogP contribution in [0.25, 0.3) is 0 Å². The molecule has 230 valence electrons. The third-order valence-electron chi connectivity index (χ3n) is 7.90. The van der Waals surface area contributed by atoms with E-state index in [0.717, 1.165) is 41.1 Å². The second-order valence-corrected chi connectivity index (χ2v) is 12.9. The monoisotopic (exact) mass is 605 g/mol. The van der Waals surface area contributed by atoms with Crippen LogP contribution in [0.1, 0.15) is 57.1 Å². The van der Waals surface area contributed by atoms with Gasteiger partial charge in [0.05, 0.1) is 17.2 Å². The van der Waals surface area contributed by atoms with Crippen LogP contribution in [-0.4, -0.2) is 56.9 Å². The molecule has 43 heavy (non-hydrogen) atoms. The number of sulfonamides is 1. The smallest absolute Gasteiger partial charge is 0.264 e. The lowest BCUT2D eigenvalue weighted by atomic mass is 10.1. The van der Waals surface area contributed by atoms with Crippen molar-refractivity contribution in [1.82, 2.24) is 10.2 Å². The molecule has 9 heteroatoms. The molecule has 1 fully saturated rings. The first-order chi connectivity index (χ1) is 20.7. The number of benzene rings is 3. The molecule has 3 aromatic rings. The van der Waals surface area contributed by atoms with E-state index in [4.69, 9.17) is 4.74 Å². The van der Waals surface area contributed by atoms with Crippen LogP contribution in [-0.2, 0) is 26.0 Å². The van der Waals surface area contributed by atoms with Crippen LogP contribution in [0.3, 0.4) is 0 Å². The number of carbonyl (C=O) groups is 2. The number of amides is 2. The van der Waals surface area contributed by atoms with E-state index >= 15 is 0 Å². The Morgan fingerprint density at radius 1 is 0.930 bits per heavy atom. The van der Waals surface area contributed by atoms with Crippen molar-refractivity contribution in [1.29, 1.82) is 0 Å². The topological polar surface area (TPSA) is 96.0 Å². The Morgan fingerprint density at radius 3 is 2.19 bits per heavy atom. The van der Waals surface area contributed by atoms with Gasteiger partial charge in [0.2, 0.25) is 11.8 Å². The zero-order chi connectivity index (χ0) is 30.8. The summed E-state index contributed by atoms with van der Waals surface area (Å²) in [6.45, 7) is 5.96. The summed E-state index contributed by atoms with van der Waals surface area (Å²) in [5.41, 5.74) is 2.37. The summed E-state index contributed by atoms with van der Waals surface area (Å²) < 4.78 is 34.8. The molecule has 0 aromatic heterocycles. The molecule has 1 atom stereocenters. The average molecular weight is 606 g/mol. The maximum atomic E-state index is 14.2. The molecule has 0 bridgehead atoms. The number of aryl methyl sites for hydroxylation is 1. The van der Waals surface area contributed by atoms with Crippen molar-refractivity contribution >= 4 is 27.5 Å². The maximum absolute atomic E-state index is 14.2. The highest BCUT2D eigenvalue weighted by Gasteiger charge is 2.34. The number of carbonyl (C=O) groups excluding carboxylic acids is 2. The number of anilines is 1. The van der Waals surface area contributed by atoms with Gasteiger partial charge >= 0.3 is 0 Å². The van der Waals surface area contributed by atoms with Crippen LogP contribution >= 0.6 is 0 Å². The molecule has 0 unspecified atom stereocenters. The summed E-state index contributed by atoms with van der Waals surface area (Å²) in [6.07, 6.45) is 4.97. The molecule has 4 rings (SSSR count). The van der Waals surface area contributed by atoms with Crippen LogP contribution in [0, 0.1) is 6.92 Å². The molecule has 0 spiro atoms.